The van der Waals surface area contributed by atoms with E-state index in [1.165, 1.54) is 5.57 Å². The van der Waals surface area contributed by atoms with Crippen molar-refractivity contribution in [1.29, 1.82) is 0 Å². The molecule has 9 heavy (non-hydrogen) atoms. The van der Waals surface area contributed by atoms with E-state index >= 15 is 0 Å². The number of rotatable bonds is 0. The first-order chi connectivity index (χ1) is 4.38. The minimum absolute atomic E-state index is 1.09. The summed E-state index contributed by atoms with van der Waals surface area (Å²) < 4.78 is 0. The van der Waals surface area contributed by atoms with Crippen LogP contribution >= 0.6 is 0 Å². The fourth-order valence-corrected chi connectivity index (χ4v) is 1.03. The van der Waals surface area contributed by atoms with Gasteiger partial charge in [-0.25, -0.2) is 0 Å². The summed E-state index contributed by atoms with van der Waals surface area (Å²) in [5, 5.41) is 0. The number of hydrogen-bond donors (Lipinski definition) is 0. The summed E-state index contributed by atoms with van der Waals surface area (Å²) in [6.45, 7) is 2.06. The molecule has 0 aromatic carbocycles. The Morgan fingerprint density at radius 1 is 1.44 bits per heavy atom. The largest absolute Gasteiger partial charge is 0.255 e. The van der Waals surface area contributed by atoms with Crippen LogP contribution in [0.25, 0.3) is 0 Å². The maximum absolute atomic E-state index is 4.12. The minimum atomic E-state index is 1.09. The van der Waals surface area contributed by atoms with Gasteiger partial charge in [0.05, 0.1) is 5.71 Å². The summed E-state index contributed by atoms with van der Waals surface area (Å²) >= 11 is 0. The van der Waals surface area contributed by atoms with Crippen LogP contribution in [0.1, 0.15) is 6.92 Å². The van der Waals surface area contributed by atoms with Crippen molar-refractivity contribution in [3.8, 4) is 0 Å². The lowest BCUT2D eigenvalue weighted by atomic mass is 10.1. The zero-order chi connectivity index (χ0) is 6.27. The van der Waals surface area contributed by atoms with E-state index in [9.17, 15) is 0 Å². The van der Waals surface area contributed by atoms with Gasteiger partial charge in [0, 0.05) is 17.8 Å². The van der Waals surface area contributed by atoms with E-state index in [0.717, 1.165) is 11.3 Å². The second-order valence-electron chi connectivity index (χ2n) is 2.18. The van der Waals surface area contributed by atoms with Crippen molar-refractivity contribution < 1.29 is 0 Å². The van der Waals surface area contributed by atoms with Crippen LogP contribution < -0.4 is 0 Å². The normalized spacial score (nSPS) is 21.2. The molecular formula is C8H6N. The molecule has 1 aliphatic heterocycles. The van der Waals surface area contributed by atoms with Crippen LogP contribution in [0.5, 0.6) is 0 Å². The van der Waals surface area contributed by atoms with Crippen molar-refractivity contribution in [2.45, 2.75) is 6.92 Å². The Hall–Kier alpha value is -1.11. The van der Waals surface area contributed by atoms with Crippen molar-refractivity contribution in [1.82, 2.24) is 0 Å². The van der Waals surface area contributed by atoms with Crippen molar-refractivity contribution >= 4 is 5.71 Å². The average Bonchev–Trinajstić information content (AvgIpc) is 2.35. The van der Waals surface area contributed by atoms with Gasteiger partial charge in [-0.3, -0.25) is 4.99 Å². The molecule has 2 rings (SSSR count). The second kappa shape index (κ2) is 1.44. The van der Waals surface area contributed by atoms with Crippen molar-refractivity contribution in [3.05, 3.63) is 35.6 Å². The quantitative estimate of drug-likeness (QED) is 0.456. The number of allylic oxidation sites excluding steroid dienone is 5. The van der Waals surface area contributed by atoms with E-state index < -0.39 is 0 Å². The van der Waals surface area contributed by atoms with Gasteiger partial charge < -0.3 is 0 Å². The lowest BCUT2D eigenvalue weighted by Crippen LogP contribution is -1.92. The standard InChI is InChI=1S/C8H6N/c1-6-2-3-7-4-5-9-8(6)7/h2-3,5H,1H3. The third kappa shape index (κ3) is 0.515. The zero-order valence-electron chi connectivity index (χ0n) is 5.18. The molecule has 1 aliphatic carbocycles. The Labute approximate surface area is 54.1 Å². The van der Waals surface area contributed by atoms with Crippen LogP contribution in [-0.2, 0) is 0 Å². The van der Waals surface area contributed by atoms with Gasteiger partial charge in [0.1, 0.15) is 0 Å². The number of nitrogens with zero attached hydrogens (tertiary/aromatic N) is 1. The van der Waals surface area contributed by atoms with Crippen LogP contribution in [-0.4, -0.2) is 5.71 Å². The Bertz CT molecular complexity index is 264. The van der Waals surface area contributed by atoms with Gasteiger partial charge in [-0.1, -0.05) is 12.2 Å². The minimum Gasteiger partial charge on any atom is -0.255 e. The third-order valence-corrected chi connectivity index (χ3v) is 1.54. The molecule has 0 N–H and O–H groups in total. The van der Waals surface area contributed by atoms with Crippen LogP contribution in [0.3, 0.4) is 0 Å². The summed E-state index contributed by atoms with van der Waals surface area (Å²) in [4.78, 5) is 4.12. The molecule has 1 heterocycles. The van der Waals surface area contributed by atoms with Crippen LogP contribution in [0.2, 0.25) is 0 Å². The summed E-state index contributed by atoms with van der Waals surface area (Å²) in [6, 6.07) is 0. The smallest absolute Gasteiger partial charge is 0.0738 e. The van der Waals surface area contributed by atoms with Crippen molar-refractivity contribution in [3.63, 3.8) is 0 Å². The molecule has 1 radical (unpaired) electrons. The van der Waals surface area contributed by atoms with Gasteiger partial charge in [-0.05, 0) is 12.5 Å². The molecule has 2 aliphatic rings. The third-order valence-electron chi connectivity index (χ3n) is 1.54. The highest BCUT2D eigenvalue weighted by molar-refractivity contribution is 6.17. The number of fused-ring (bicyclic) bond motifs is 1. The molecule has 0 aromatic heterocycles. The molecule has 0 bridgehead atoms. The van der Waals surface area contributed by atoms with E-state index in [1.54, 1.807) is 6.20 Å². The van der Waals surface area contributed by atoms with Crippen LogP contribution in [0.4, 0.5) is 0 Å². The predicted octanol–water partition coefficient (Wildman–Crippen LogP) is 1.64. The predicted molar refractivity (Wildman–Crippen MR) is 37.1 cm³/mol. The van der Waals surface area contributed by atoms with E-state index in [4.69, 9.17) is 0 Å². The number of aliphatic imine (C=N–C) groups is 1. The summed E-state index contributed by atoms with van der Waals surface area (Å²) in [6.07, 6.45) is 8.85. The van der Waals surface area contributed by atoms with Gasteiger partial charge in [0.15, 0.2) is 0 Å². The molecule has 0 atom stereocenters. The average molecular weight is 116 g/mol. The Morgan fingerprint density at radius 2 is 2.33 bits per heavy atom. The first kappa shape index (κ1) is 4.74. The highest BCUT2D eigenvalue weighted by atomic mass is 14.7. The molecular weight excluding hydrogens is 110 g/mol. The second-order valence-corrected chi connectivity index (χ2v) is 2.18. The van der Waals surface area contributed by atoms with Crippen LogP contribution in [0.15, 0.2) is 34.5 Å². The summed E-state index contributed by atoms with van der Waals surface area (Å²) in [5.41, 5.74) is 3.47. The maximum Gasteiger partial charge on any atom is 0.0738 e. The molecule has 1 heteroatoms. The topological polar surface area (TPSA) is 12.4 Å². The lowest BCUT2D eigenvalue weighted by Gasteiger charge is -1.91. The fraction of sp³-hybridized carbons (Fsp3) is 0.125. The fourth-order valence-electron chi connectivity index (χ4n) is 1.03. The molecule has 0 spiro atoms. The first-order valence-electron chi connectivity index (χ1n) is 2.93. The van der Waals surface area contributed by atoms with Gasteiger partial charge in [0.2, 0.25) is 0 Å². The molecule has 0 fully saturated rings. The maximum atomic E-state index is 4.12. The monoisotopic (exact) mass is 116 g/mol. The molecule has 0 unspecified atom stereocenters. The SMILES string of the molecule is CC1=CC=C2[C]=CN=C12. The number of hydrogen-bond acceptors (Lipinski definition) is 1. The molecule has 1 nitrogen and oxygen atoms in total. The van der Waals surface area contributed by atoms with E-state index in [2.05, 4.69) is 24.1 Å². The van der Waals surface area contributed by atoms with E-state index in [1.807, 2.05) is 6.08 Å². The molecule has 43 valence electrons. The molecule has 0 saturated carbocycles. The first-order valence-corrected chi connectivity index (χ1v) is 2.93. The van der Waals surface area contributed by atoms with E-state index in [-0.39, 0.29) is 0 Å². The Morgan fingerprint density at radius 3 is 3.11 bits per heavy atom. The Balaban J connectivity index is 2.53. The van der Waals surface area contributed by atoms with E-state index in [0.29, 0.717) is 0 Å². The highest BCUT2D eigenvalue weighted by Gasteiger charge is 2.13. The van der Waals surface area contributed by atoms with Crippen molar-refractivity contribution in [2.24, 2.45) is 4.99 Å². The Kier molecular flexibility index (Phi) is 0.758. The van der Waals surface area contributed by atoms with Gasteiger partial charge in [0.25, 0.3) is 0 Å². The van der Waals surface area contributed by atoms with Crippen LogP contribution in [0, 0.1) is 6.08 Å². The van der Waals surface area contributed by atoms with Gasteiger partial charge in [-0.15, -0.1) is 0 Å². The molecule has 0 aromatic rings. The van der Waals surface area contributed by atoms with Gasteiger partial charge in [-0.2, -0.15) is 0 Å². The zero-order valence-corrected chi connectivity index (χ0v) is 5.18. The highest BCUT2D eigenvalue weighted by Crippen LogP contribution is 2.20. The van der Waals surface area contributed by atoms with Crippen molar-refractivity contribution in [2.75, 3.05) is 0 Å². The molecule has 0 saturated heterocycles. The summed E-state index contributed by atoms with van der Waals surface area (Å²) in [7, 11) is 0. The van der Waals surface area contributed by atoms with Gasteiger partial charge >= 0.3 is 0 Å². The summed E-state index contributed by atoms with van der Waals surface area (Å²) in [5.74, 6) is 0. The lowest BCUT2D eigenvalue weighted by molar-refractivity contribution is 1.54. The molecule has 0 amide bonds.